The van der Waals surface area contributed by atoms with Crippen LogP contribution in [0.15, 0.2) is 40.0 Å². The van der Waals surface area contributed by atoms with Gasteiger partial charge in [0.25, 0.3) is 0 Å². The van der Waals surface area contributed by atoms with Gasteiger partial charge >= 0.3 is 0 Å². The van der Waals surface area contributed by atoms with Crippen molar-refractivity contribution in [1.82, 2.24) is 9.97 Å². The first kappa shape index (κ1) is 14.0. The minimum Gasteiger partial charge on any atom is -0.479 e. The molecule has 0 amide bonds. The number of ether oxygens (including phenoxy) is 1. The fourth-order valence-electron chi connectivity index (χ4n) is 1.55. The van der Waals surface area contributed by atoms with Gasteiger partial charge in [0.15, 0.2) is 9.84 Å². The molecule has 0 spiro atoms. The van der Waals surface area contributed by atoms with E-state index in [1.165, 1.54) is 31.7 Å². The number of hydrogen-bond donors (Lipinski definition) is 0. The fraction of sp³-hybridized carbons (Fsp3) is 0.167. The Balaban J connectivity index is 2.51. The molecule has 5 nitrogen and oxygen atoms in total. The van der Waals surface area contributed by atoms with Crippen molar-refractivity contribution in [2.24, 2.45) is 0 Å². The molecule has 100 valence electrons. The van der Waals surface area contributed by atoms with Crippen LogP contribution in [0.1, 0.15) is 0 Å². The molecule has 0 radical (unpaired) electrons. The van der Waals surface area contributed by atoms with Crippen LogP contribution in [0.3, 0.4) is 0 Å². The normalized spacial score (nSPS) is 11.3. The van der Waals surface area contributed by atoms with Crippen LogP contribution in [0.25, 0.3) is 11.3 Å². The standard InChI is InChI=1S/C12H11BrN2O3S/c1-18-12-11(15-10(13)7-14-12)8-3-5-9(6-4-8)19(2,16)17/h3-7H,1-2H3. The van der Waals surface area contributed by atoms with Gasteiger partial charge in [0, 0.05) is 11.8 Å². The Morgan fingerprint density at radius 2 is 1.84 bits per heavy atom. The van der Waals surface area contributed by atoms with E-state index in [-0.39, 0.29) is 4.90 Å². The Kier molecular flexibility index (Phi) is 3.86. The van der Waals surface area contributed by atoms with E-state index in [1.54, 1.807) is 12.1 Å². The molecule has 1 heterocycles. The molecular weight excluding hydrogens is 332 g/mol. The van der Waals surface area contributed by atoms with Crippen molar-refractivity contribution in [3.05, 3.63) is 35.1 Å². The minimum atomic E-state index is -3.20. The molecule has 0 fully saturated rings. The van der Waals surface area contributed by atoms with Crippen molar-refractivity contribution >= 4 is 25.8 Å². The summed E-state index contributed by atoms with van der Waals surface area (Å²) in [5.41, 5.74) is 1.29. The molecule has 0 saturated heterocycles. The minimum absolute atomic E-state index is 0.262. The summed E-state index contributed by atoms with van der Waals surface area (Å²) in [6.07, 6.45) is 2.70. The SMILES string of the molecule is COc1ncc(Br)nc1-c1ccc(S(C)(=O)=O)cc1. The summed E-state index contributed by atoms with van der Waals surface area (Å²) in [6, 6.07) is 6.42. The molecule has 2 rings (SSSR count). The van der Waals surface area contributed by atoms with E-state index in [4.69, 9.17) is 4.74 Å². The van der Waals surface area contributed by atoms with Gasteiger partial charge in [-0.15, -0.1) is 0 Å². The smallest absolute Gasteiger partial charge is 0.240 e. The van der Waals surface area contributed by atoms with Crippen LogP contribution in [0.4, 0.5) is 0 Å². The van der Waals surface area contributed by atoms with Gasteiger partial charge in [0.1, 0.15) is 10.3 Å². The Morgan fingerprint density at radius 1 is 1.21 bits per heavy atom. The molecule has 0 aliphatic carbocycles. The van der Waals surface area contributed by atoms with Gasteiger partial charge in [-0.05, 0) is 28.1 Å². The van der Waals surface area contributed by atoms with E-state index in [0.717, 1.165) is 5.56 Å². The average Bonchev–Trinajstić information content (AvgIpc) is 2.38. The van der Waals surface area contributed by atoms with Crippen molar-refractivity contribution < 1.29 is 13.2 Å². The van der Waals surface area contributed by atoms with E-state index < -0.39 is 9.84 Å². The van der Waals surface area contributed by atoms with Crippen molar-refractivity contribution in [3.63, 3.8) is 0 Å². The summed E-state index contributed by atoms with van der Waals surface area (Å²) in [5.74, 6) is 0.385. The Labute approximate surface area is 119 Å². The number of halogens is 1. The maximum atomic E-state index is 11.4. The van der Waals surface area contributed by atoms with E-state index in [1.807, 2.05) is 0 Å². The first-order chi connectivity index (χ1) is 8.91. The lowest BCUT2D eigenvalue weighted by atomic mass is 10.1. The largest absolute Gasteiger partial charge is 0.479 e. The predicted molar refractivity (Wildman–Crippen MR) is 74.8 cm³/mol. The first-order valence-electron chi connectivity index (χ1n) is 5.29. The highest BCUT2D eigenvalue weighted by atomic mass is 79.9. The summed E-state index contributed by atoms with van der Waals surface area (Å²) in [4.78, 5) is 8.64. The van der Waals surface area contributed by atoms with Crippen LogP contribution in [0.5, 0.6) is 5.88 Å². The maximum Gasteiger partial charge on any atom is 0.240 e. The molecule has 0 aliphatic rings. The average molecular weight is 343 g/mol. The molecule has 0 aliphatic heterocycles. The van der Waals surface area contributed by atoms with E-state index in [9.17, 15) is 8.42 Å². The Morgan fingerprint density at radius 3 is 2.37 bits per heavy atom. The Bertz CT molecular complexity index is 699. The molecular formula is C12H11BrN2O3S. The number of rotatable bonds is 3. The zero-order valence-electron chi connectivity index (χ0n) is 10.3. The van der Waals surface area contributed by atoms with Crippen LogP contribution in [-0.4, -0.2) is 31.8 Å². The van der Waals surface area contributed by atoms with Crippen LogP contribution in [0, 0.1) is 0 Å². The lowest BCUT2D eigenvalue weighted by molar-refractivity contribution is 0.397. The molecule has 2 aromatic rings. The maximum absolute atomic E-state index is 11.4. The van der Waals surface area contributed by atoms with Gasteiger partial charge < -0.3 is 4.74 Å². The number of methoxy groups -OCH3 is 1. The second-order valence-electron chi connectivity index (χ2n) is 3.85. The number of aromatic nitrogens is 2. The van der Waals surface area contributed by atoms with Crippen LogP contribution >= 0.6 is 15.9 Å². The number of benzene rings is 1. The fourth-order valence-corrected chi connectivity index (χ4v) is 2.46. The molecule has 0 N–H and O–H groups in total. The number of nitrogens with zero attached hydrogens (tertiary/aromatic N) is 2. The van der Waals surface area contributed by atoms with Crippen LogP contribution in [0.2, 0.25) is 0 Å². The summed E-state index contributed by atoms with van der Waals surface area (Å²) in [6.45, 7) is 0. The third-order valence-electron chi connectivity index (χ3n) is 2.46. The number of hydrogen-bond acceptors (Lipinski definition) is 5. The molecule has 7 heteroatoms. The highest BCUT2D eigenvalue weighted by Gasteiger charge is 2.12. The zero-order chi connectivity index (χ0) is 14.0. The van der Waals surface area contributed by atoms with Crippen LogP contribution < -0.4 is 4.74 Å². The summed E-state index contributed by atoms with van der Waals surface area (Å²) in [7, 11) is -1.70. The van der Waals surface area contributed by atoms with Gasteiger partial charge in [-0.1, -0.05) is 12.1 Å². The molecule has 19 heavy (non-hydrogen) atoms. The highest BCUT2D eigenvalue weighted by Crippen LogP contribution is 2.28. The topological polar surface area (TPSA) is 69.2 Å². The molecule has 0 bridgehead atoms. The Hall–Kier alpha value is -1.47. The monoisotopic (exact) mass is 342 g/mol. The van der Waals surface area contributed by atoms with Gasteiger partial charge in [-0.2, -0.15) is 0 Å². The predicted octanol–water partition coefficient (Wildman–Crippen LogP) is 2.32. The van der Waals surface area contributed by atoms with Crippen molar-refractivity contribution in [3.8, 4) is 17.1 Å². The number of sulfone groups is 1. The third-order valence-corrected chi connectivity index (χ3v) is 3.97. The van der Waals surface area contributed by atoms with Crippen molar-refractivity contribution in [2.45, 2.75) is 4.90 Å². The van der Waals surface area contributed by atoms with Crippen molar-refractivity contribution in [1.29, 1.82) is 0 Å². The molecule has 0 saturated carbocycles. The van der Waals surface area contributed by atoms with Gasteiger partial charge in [0.2, 0.25) is 5.88 Å². The summed E-state index contributed by atoms with van der Waals surface area (Å²) in [5, 5.41) is 0. The second-order valence-corrected chi connectivity index (χ2v) is 6.68. The molecule has 1 aromatic carbocycles. The first-order valence-corrected chi connectivity index (χ1v) is 7.97. The molecule has 0 unspecified atom stereocenters. The second kappa shape index (κ2) is 5.26. The lowest BCUT2D eigenvalue weighted by Gasteiger charge is -2.07. The summed E-state index contributed by atoms with van der Waals surface area (Å²) >= 11 is 3.24. The highest BCUT2D eigenvalue weighted by molar-refractivity contribution is 9.10. The van der Waals surface area contributed by atoms with Gasteiger partial charge in [-0.25, -0.2) is 18.4 Å². The lowest BCUT2D eigenvalue weighted by Crippen LogP contribution is -1.98. The molecule has 0 atom stereocenters. The van der Waals surface area contributed by atoms with Gasteiger partial charge in [-0.3, -0.25) is 0 Å². The van der Waals surface area contributed by atoms with E-state index in [0.29, 0.717) is 16.2 Å². The quantitative estimate of drug-likeness (QED) is 0.856. The molecule has 1 aromatic heterocycles. The van der Waals surface area contributed by atoms with Gasteiger partial charge in [0.05, 0.1) is 18.2 Å². The van der Waals surface area contributed by atoms with Crippen molar-refractivity contribution in [2.75, 3.05) is 13.4 Å². The third kappa shape index (κ3) is 3.10. The summed E-state index contributed by atoms with van der Waals surface area (Å²) < 4.78 is 28.5. The van der Waals surface area contributed by atoms with E-state index in [2.05, 4.69) is 25.9 Å². The van der Waals surface area contributed by atoms with Crippen LogP contribution in [-0.2, 0) is 9.84 Å². The van der Waals surface area contributed by atoms with E-state index >= 15 is 0 Å². The zero-order valence-corrected chi connectivity index (χ0v) is 12.7.